The summed E-state index contributed by atoms with van der Waals surface area (Å²) < 4.78 is 9.20. The van der Waals surface area contributed by atoms with Crippen LogP contribution in [0.5, 0.6) is 0 Å². The number of para-hydroxylation sites is 1. The van der Waals surface area contributed by atoms with Crippen LogP contribution in [0, 0.1) is 0 Å². The molecule has 0 N–H and O–H groups in total. The lowest BCUT2D eigenvalue weighted by Gasteiger charge is -2.12. The Bertz CT molecular complexity index is 3870. The first-order valence-corrected chi connectivity index (χ1v) is 22.9. The molecule has 0 saturated carbocycles. The number of fused-ring (bicyclic) bond motifs is 7. The number of nitrogens with zero attached hydrogens (tertiary/aromatic N) is 4. The first-order chi connectivity index (χ1) is 33.7. The summed E-state index contributed by atoms with van der Waals surface area (Å²) in [6, 6.07) is 85.1. The zero-order chi connectivity index (χ0) is 45.0. The van der Waals surface area contributed by atoms with Gasteiger partial charge >= 0.3 is 0 Å². The van der Waals surface area contributed by atoms with Gasteiger partial charge in [-0.05, 0) is 80.9 Å². The second-order valence-corrected chi connectivity index (χ2v) is 17.2. The Kier molecular flexibility index (Phi) is 9.43. The van der Waals surface area contributed by atoms with Crippen LogP contribution >= 0.6 is 0 Å². The minimum atomic E-state index is 0.568. The fourth-order valence-electron chi connectivity index (χ4n) is 9.76. The topological polar surface area (TPSA) is 56.7 Å². The Labute approximate surface area is 392 Å². The van der Waals surface area contributed by atoms with Crippen LogP contribution in [-0.2, 0) is 0 Å². The van der Waals surface area contributed by atoms with Gasteiger partial charge in [0.15, 0.2) is 17.5 Å². The van der Waals surface area contributed by atoms with Gasteiger partial charge in [-0.3, -0.25) is 0 Å². The average molecular weight is 869 g/mol. The first kappa shape index (κ1) is 39.2. The molecule has 0 unspecified atom stereocenters. The van der Waals surface area contributed by atoms with E-state index in [1.165, 1.54) is 11.1 Å². The lowest BCUT2D eigenvalue weighted by Crippen LogP contribution is -2.00. The van der Waals surface area contributed by atoms with E-state index in [1.807, 2.05) is 24.3 Å². The van der Waals surface area contributed by atoms with Crippen molar-refractivity contribution in [2.45, 2.75) is 0 Å². The van der Waals surface area contributed by atoms with Crippen molar-refractivity contribution in [2.75, 3.05) is 0 Å². The molecule has 13 rings (SSSR count). The molecule has 5 nitrogen and oxygen atoms in total. The first-order valence-electron chi connectivity index (χ1n) is 22.9. The number of hydrogen-bond donors (Lipinski definition) is 0. The molecule has 318 valence electrons. The fraction of sp³-hybridized carbons (Fsp3) is 0. The van der Waals surface area contributed by atoms with E-state index in [0.717, 1.165) is 99.5 Å². The summed E-state index contributed by atoms with van der Waals surface area (Å²) in [5, 5.41) is 4.25. The lowest BCUT2D eigenvalue weighted by atomic mass is 10.00. The van der Waals surface area contributed by atoms with E-state index in [-0.39, 0.29) is 0 Å². The van der Waals surface area contributed by atoms with Gasteiger partial charge in [-0.25, -0.2) is 15.0 Å². The van der Waals surface area contributed by atoms with Crippen molar-refractivity contribution in [2.24, 2.45) is 0 Å². The molecule has 0 aliphatic rings. The smallest absolute Gasteiger partial charge is 0.164 e. The Morgan fingerprint density at radius 1 is 0.294 bits per heavy atom. The maximum atomic E-state index is 6.81. The third-order valence-electron chi connectivity index (χ3n) is 13.1. The third kappa shape index (κ3) is 6.84. The largest absolute Gasteiger partial charge is 0.456 e. The summed E-state index contributed by atoms with van der Waals surface area (Å²) >= 11 is 0. The molecule has 0 radical (unpaired) electrons. The maximum Gasteiger partial charge on any atom is 0.164 e. The van der Waals surface area contributed by atoms with Crippen molar-refractivity contribution in [3.05, 3.63) is 243 Å². The second kappa shape index (κ2) is 16.4. The van der Waals surface area contributed by atoms with Crippen LogP contribution < -0.4 is 0 Å². The maximum absolute atomic E-state index is 6.81. The van der Waals surface area contributed by atoms with Crippen molar-refractivity contribution in [1.82, 2.24) is 19.5 Å². The highest BCUT2D eigenvalue weighted by molar-refractivity contribution is 6.26. The monoisotopic (exact) mass is 868 g/mol. The quantitative estimate of drug-likeness (QED) is 0.153. The molecule has 0 saturated heterocycles. The second-order valence-electron chi connectivity index (χ2n) is 17.2. The predicted molar refractivity (Wildman–Crippen MR) is 279 cm³/mol. The number of rotatable bonds is 8. The number of benzene rings is 10. The van der Waals surface area contributed by atoms with Gasteiger partial charge in [0.25, 0.3) is 0 Å². The molecule has 68 heavy (non-hydrogen) atoms. The Balaban J connectivity index is 1.01. The average Bonchev–Trinajstić information content (AvgIpc) is 3.98. The summed E-state index contributed by atoms with van der Waals surface area (Å²) in [6.45, 7) is 0. The van der Waals surface area contributed by atoms with Crippen LogP contribution in [0.25, 0.3) is 128 Å². The number of hydrogen-bond acceptors (Lipinski definition) is 4. The van der Waals surface area contributed by atoms with Crippen LogP contribution in [0.3, 0.4) is 0 Å². The molecule has 0 aliphatic heterocycles. The molecule has 5 heteroatoms. The van der Waals surface area contributed by atoms with Gasteiger partial charge in [0.1, 0.15) is 11.2 Å². The van der Waals surface area contributed by atoms with E-state index in [9.17, 15) is 0 Å². The van der Waals surface area contributed by atoms with Crippen molar-refractivity contribution >= 4 is 43.7 Å². The highest BCUT2D eigenvalue weighted by Crippen LogP contribution is 2.44. The van der Waals surface area contributed by atoms with E-state index in [2.05, 4.69) is 223 Å². The highest BCUT2D eigenvalue weighted by atomic mass is 16.3. The molecular formula is C63H40N4O. The van der Waals surface area contributed by atoms with Gasteiger partial charge in [-0.1, -0.05) is 206 Å². The van der Waals surface area contributed by atoms with Crippen LogP contribution in [0.1, 0.15) is 0 Å². The normalized spacial score (nSPS) is 11.5. The van der Waals surface area contributed by atoms with Crippen LogP contribution in [0.2, 0.25) is 0 Å². The van der Waals surface area contributed by atoms with Crippen molar-refractivity contribution in [1.29, 1.82) is 0 Å². The Hall–Kier alpha value is -9.19. The fourth-order valence-corrected chi connectivity index (χ4v) is 9.76. The Morgan fingerprint density at radius 3 is 1.31 bits per heavy atom. The van der Waals surface area contributed by atoms with E-state index in [4.69, 9.17) is 19.4 Å². The summed E-state index contributed by atoms with van der Waals surface area (Å²) in [4.78, 5) is 15.8. The molecule has 0 spiro atoms. The van der Waals surface area contributed by atoms with Crippen molar-refractivity contribution < 1.29 is 4.42 Å². The van der Waals surface area contributed by atoms with Gasteiger partial charge < -0.3 is 8.98 Å². The van der Waals surface area contributed by atoms with Gasteiger partial charge in [-0.15, -0.1) is 0 Å². The van der Waals surface area contributed by atoms with E-state index in [1.54, 1.807) is 0 Å². The van der Waals surface area contributed by atoms with Crippen molar-refractivity contribution in [3.8, 4) is 84.4 Å². The van der Waals surface area contributed by atoms with Gasteiger partial charge in [0.2, 0.25) is 0 Å². The molecule has 0 fully saturated rings. The predicted octanol–water partition coefficient (Wildman–Crippen LogP) is 16.5. The van der Waals surface area contributed by atoms with Gasteiger partial charge in [0.05, 0.1) is 16.4 Å². The Morgan fingerprint density at radius 2 is 0.735 bits per heavy atom. The number of aromatic nitrogens is 4. The molecular weight excluding hydrogens is 829 g/mol. The zero-order valence-electron chi connectivity index (χ0n) is 36.8. The van der Waals surface area contributed by atoms with E-state index >= 15 is 0 Å². The SMILES string of the molecule is c1ccc(-c2ccc(-c3cccc(-n4c5ccccc5c5ccc6oc7cccc(-c8nc(-c9ccc(-c%10ccccc%10)cc9)nc(-c9ccc(-c%10ccccc%10)cc9)n8)c7c6c54)c3)cc2)cc1. The summed E-state index contributed by atoms with van der Waals surface area (Å²) in [7, 11) is 0. The molecule has 3 aromatic heterocycles. The lowest BCUT2D eigenvalue weighted by molar-refractivity contribution is 0.669. The molecule has 0 amide bonds. The van der Waals surface area contributed by atoms with Crippen LogP contribution in [0.4, 0.5) is 0 Å². The summed E-state index contributed by atoms with van der Waals surface area (Å²) in [6.07, 6.45) is 0. The molecule has 0 atom stereocenters. The van der Waals surface area contributed by atoms with Crippen LogP contribution in [-0.4, -0.2) is 19.5 Å². The van der Waals surface area contributed by atoms with E-state index < -0.39 is 0 Å². The molecule has 13 aromatic rings. The van der Waals surface area contributed by atoms with E-state index in [0.29, 0.717) is 17.5 Å². The molecule has 3 heterocycles. The summed E-state index contributed by atoms with van der Waals surface area (Å²) in [5.41, 5.74) is 16.7. The van der Waals surface area contributed by atoms with Crippen LogP contribution in [0.15, 0.2) is 247 Å². The minimum absolute atomic E-state index is 0.568. The summed E-state index contributed by atoms with van der Waals surface area (Å²) in [5.74, 6) is 1.75. The third-order valence-corrected chi connectivity index (χ3v) is 13.1. The molecule has 0 aliphatic carbocycles. The van der Waals surface area contributed by atoms with Crippen molar-refractivity contribution in [3.63, 3.8) is 0 Å². The van der Waals surface area contributed by atoms with Gasteiger partial charge in [-0.2, -0.15) is 0 Å². The molecule has 10 aromatic carbocycles. The van der Waals surface area contributed by atoms with Gasteiger partial charge in [0, 0.05) is 38.5 Å². The highest BCUT2D eigenvalue weighted by Gasteiger charge is 2.23. The minimum Gasteiger partial charge on any atom is -0.456 e. The standard InChI is InChI=1S/C63H40N4O/c1-4-14-41(15-5-1)44-26-28-47(29-27-44)50-20-12-21-51(40-50)67-55-24-11-10-22-52(55)53-38-39-57-59(60(53)67)58-54(23-13-25-56(58)68-57)63-65-61(48-34-30-45(31-35-48)42-16-6-2-7-17-42)64-62(66-63)49-36-32-46(33-37-49)43-18-8-3-9-19-43/h1-40H. The zero-order valence-corrected chi connectivity index (χ0v) is 36.8. The number of furan rings is 1. The molecule has 0 bridgehead atoms.